The molecular weight excluding hydrogens is 1240 g/mol. The van der Waals surface area contributed by atoms with E-state index >= 15 is 0 Å². The Morgan fingerprint density at radius 2 is 0.688 bits per heavy atom. The average molecular weight is 1330 g/mol. The van der Waals surface area contributed by atoms with Crippen molar-refractivity contribution in [3.8, 4) is 11.5 Å². The van der Waals surface area contributed by atoms with Gasteiger partial charge in [0, 0.05) is 24.3 Å². The summed E-state index contributed by atoms with van der Waals surface area (Å²) < 4.78 is 94.6. The molecule has 17 heteroatoms. The fourth-order valence-corrected chi connectivity index (χ4v) is 20.8. The van der Waals surface area contributed by atoms with Gasteiger partial charge in [0.15, 0.2) is 29.4 Å². The molecule has 0 unspecified atom stereocenters. The predicted molar refractivity (Wildman–Crippen MR) is 352 cm³/mol. The van der Waals surface area contributed by atoms with Crippen molar-refractivity contribution in [2.45, 2.75) is 159 Å². The molecule has 0 aliphatic heterocycles. The van der Waals surface area contributed by atoms with Crippen molar-refractivity contribution < 1.29 is 85.1 Å². The average Bonchev–Trinajstić information content (AvgIpc) is 0.803. The smallest absolute Gasteiger partial charge is 0.862 e. The van der Waals surface area contributed by atoms with E-state index in [1.807, 2.05) is 0 Å². The van der Waals surface area contributed by atoms with Crippen molar-refractivity contribution in [2.75, 3.05) is 39.5 Å². The summed E-state index contributed by atoms with van der Waals surface area (Å²) in [4.78, 5) is 14.3. The molecule has 6 aromatic carbocycles. The summed E-state index contributed by atoms with van der Waals surface area (Å²) in [5.41, 5.74) is 4.56. The number of nitrogens with zero attached hydrogens (tertiary/aromatic N) is 2. The van der Waals surface area contributed by atoms with E-state index in [1.165, 1.54) is 80.4 Å². The summed E-state index contributed by atoms with van der Waals surface area (Å²) in [6, 6.07) is 51.8. The number of rotatable bonds is 22. The zero-order valence-electron chi connectivity index (χ0n) is 54.5. The van der Waals surface area contributed by atoms with E-state index in [-0.39, 0.29) is 75.0 Å². The number of benzene rings is 6. The van der Waals surface area contributed by atoms with Crippen LogP contribution in [0.3, 0.4) is 0 Å². The zero-order chi connectivity index (χ0) is 65.5. The molecule has 14 rings (SSSR count). The molecule has 0 N–H and O–H groups in total. The van der Waals surface area contributed by atoms with Gasteiger partial charge in [-0.15, -0.1) is 0 Å². The first-order chi connectivity index (χ1) is 44.1. The Morgan fingerprint density at radius 3 is 0.914 bits per heavy atom. The molecule has 0 radical (unpaired) electrons. The zero-order valence-corrected chi connectivity index (χ0v) is 58.1. The van der Waals surface area contributed by atoms with Gasteiger partial charge in [0.1, 0.15) is 51.0 Å². The molecule has 8 fully saturated rings. The number of alkyl halides is 6. The Labute approximate surface area is 574 Å². The standard InChI is InChI=1S/2C24H25O2S.2C14H20F3NO.Na/c2*1-4-25-15-16-26-24-19(2)17-23(18-20(24)3)27(21-11-7-5-8-12-21)22-13-9-6-10-14-22;2*15-14(16,17)8-18-12(19)7-13-4-9-1-10(5-13)3-11(2-9)6-13;/h2*4-14,17-18H,1,15-16H2,2-3H3;2*9-11H,1-8H2,(H,18,19);/q2*+1;;;+1/p-2. The minimum Gasteiger partial charge on any atom is -0.862 e. The Kier molecular flexibility index (Phi) is 26.5. The van der Waals surface area contributed by atoms with Crippen LogP contribution in [0.25, 0.3) is 0 Å². The SMILES string of the molecule is C=COCCOc1c(C)cc([S+](c2ccccc2)c2ccccc2)cc1C.C=COCCOc1c(C)cc([S+](c2ccccc2)c2ccccc2)cc1C.[Na+].[O-]C(CC12CC3CC(CC(C3)C1)C2)=NCC(F)(F)F.[O-]C(CC12CC3CC(CC(C3)C1)C2)=NCC(F)(F)F. The van der Waals surface area contributed by atoms with Gasteiger partial charge in [0.2, 0.25) is 0 Å². The van der Waals surface area contributed by atoms with Crippen LogP contribution in [0, 0.1) is 74.0 Å². The number of aliphatic imine (C=N–C) groups is 2. The van der Waals surface area contributed by atoms with E-state index in [1.54, 1.807) is 0 Å². The summed E-state index contributed by atoms with van der Waals surface area (Å²) >= 11 is 0. The van der Waals surface area contributed by atoms with Crippen LogP contribution in [0.5, 0.6) is 11.5 Å². The van der Waals surface area contributed by atoms with Crippen LogP contribution >= 0.6 is 0 Å². The van der Waals surface area contributed by atoms with Crippen molar-refractivity contribution >= 4 is 33.6 Å². The molecule has 0 atom stereocenters. The normalized spacial score (nSPS) is 23.3. The maximum atomic E-state index is 12.1. The van der Waals surface area contributed by atoms with Crippen LogP contribution in [0.1, 0.15) is 112 Å². The van der Waals surface area contributed by atoms with Gasteiger partial charge < -0.3 is 29.2 Å². The summed E-state index contributed by atoms with van der Waals surface area (Å²) in [7, 11) is -0.291. The van der Waals surface area contributed by atoms with E-state index < -0.39 is 37.2 Å². The van der Waals surface area contributed by atoms with Crippen molar-refractivity contribution in [3.63, 3.8) is 0 Å². The van der Waals surface area contributed by atoms with E-state index in [4.69, 9.17) is 18.9 Å². The molecule has 8 bridgehead atoms. The second-order valence-electron chi connectivity index (χ2n) is 26.2. The van der Waals surface area contributed by atoms with Crippen molar-refractivity contribution in [3.05, 3.63) is 194 Å². The van der Waals surface area contributed by atoms with Gasteiger partial charge >= 0.3 is 41.9 Å². The molecule has 8 nitrogen and oxygen atoms in total. The number of ether oxygens (including phenoxy) is 4. The van der Waals surface area contributed by atoms with Crippen LogP contribution in [0.2, 0.25) is 0 Å². The summed E-state index contributed by atoms with van der Waals surface area (Å²) in [6.45, 7) is 14.9. The molecule has 8 aliphatic rings. The fraction of sp³-hybridized carbons (Fsp3) is 0.447. The number of aryl methyl sites for hydroxylation is 4. The second-order valence-corrected chi connectivity index (χ2v) is 30.3. The Hall–Kier alpha value is -5.78. The maximum absolute atomic E-state index is 12.1. The molecule has 0 aromatic heterocycles. The second kappa shape index (κ2) is 33.7. The van der Waals surface area contributed by atoms with Crippen LogP contribution < -0.4 is 49.2 Å². The Balaban J connectivity index is 0.000000161. The third-order valence-corrected chi connectivity index (χ3v) is 23.0. The maximum Gasteiger partial charge on any atom is 1.00 e. The van der Waals surface area contributed by atoms with E-state index in [2.05, 4.69) is 196 Å². The molecule has 8 saturated carbocycles. The van der Waals surface area contributed by atoms with Crippen molar-refractivity contribution in [1.82, 2.24) is 0 Å². The van der Waals surface area contributed by atoms with Crippen LogP contribution in [-0.4, -0.2) is 63.7 Å². The fourth-order valence-electron chi connectivity index (χ4n) is 16.2. The van der Waals surface area contributed by atoms with E-state index in [9.17, 15) is 36.6 Å². The number of halogens is 6. The van der Waals surface area contributed by atoms with Gasteiger partial charge in [-0.25, -0.2) is 0 Å². The summed E-state index contributed by atoms with van der Waals surface area (Å²) in [5, 5.41) is 23.4. The molecule has 0 heterocycles. The summed E-state index contributed by atoms with van der Waals surface area (Å²) in [5.74, 6) is 5.06. The van der Waals surface area contributed by atoms with Gasteiger partial charge in [-0.3, -0.25) is 9.98 Å². The summed E-state index contributed by atoms with van der Waals surface area (Å²) in [6.07, 6.45) is 8.47. The van der Waals surface area contributed by atoms with Crippen LogP contribution in [-0.2, 0) is 31.3 Å². The Morgan fingerprint density at radius 1 is 0.441 bits per heavy atom. The number of hydrogen-bond donors (Lipinski definition) is 0. The molecule has 6 aromatic rings. The Bertz CT molecular complexity index is 2990. The van der Waals surface area contributed by atoms with Crippen LogP contribution in [0.4, 0.5) is 26.3 Å². The minimum atomic E-state index is -4.36. The van der Waals surface area contributed by atoms with Gasteiger partial charge in [0.05, 0.1) is 34.3 Å². The van der Waals surface area contributed by atoms with Gasteiger partial charge in [-0.1, -0.05) is 86.0 Å². The van der Waals surface area contributed by atoms with Crippen LogP contribution in [0.15, 0.2) is 211 Å². The number of hydrogen-bond acceptors (Lipinski definition) is 8. The van der Waals surface area contributed by atoms with E-state index in [0.29, 0.717) is 61.9 Å². The molecular formula is C76H88F6N2NaO6S2+. The van der Waals surface area contributed by atoms with Crippen molar-refractivity contribution in [1.29, 1.82) is 0 Å². The molecule has 0 amide bonds. The van der Waals surface area contributed by atoms with Gasteiger partial charge in [-0.05, 0) is 247 Å². The van der Waals surface area contributed by atoms with Gasteiger partial charge in [0.25, 0.3) is 0 Å². The van der Waals surface area contributed by atoms with Crippen molar-refractivity contribution in [2.24, 2.45) is 56.3 Å². The minimum absolute atomic E-state index is 0. The molecule has 492 valence electrons. The third-order valence-electron chi connectivity index (χ3n) is 18.6. The predicted octanol–water partition coefficient (Wildman–Crippen LogP) is 14.7. The largest absolute Gasteiger partial charge is 1.00 e. The monoisotopic (exact) mass is 1330 g/mol. The quantitative estimate of drug-likeness (QED) is 0.0127. The first-order valence-electron chi connectivity index (χ1n) is 32.2. The third kappa shape index (κ3) is 21.1. The van der Waals surface area contributed by atoms with Gasteiger partial charge in [-0.2, -0.15) is 26.3 Å². The molecule has 0 saturated heterocycles. The first-order valence-corrected chi connectivity index (χ1v) is 34.7. The molecule has 93 heavy (non-hydrogen) atoms. The topological polar surface area (TPSA) is 108 Å². The first kappa shape index (κ1) is 73.0. The molecule has 0 spiro atoms. The molecule has 8 aliphatic carbocycles. The van der Waals surface area contributed by atoms with E-state index in [0.717, 1.165) is 72.3 Å².